The van der Waals surface area contributed by atoms with Gasteiger partial charge >= 0.3 is 6.09 Å². The maximum Gasteiger partial charge on any atom is 0.410 e. The van der Waals surface area contributed by atoms with Crippen molar-refractivity contribution >= 4 is 12.0 Å². The second kappa shape index (κ2) is 8.77. The minimum atomic E-state index is -0.500. The highest BCUT2D eigenvalue weighted by molar-refractivity contribution is 5.83. The lowest BCUT2D eigenvalue weighted by Gasteiger charge is -2.36. The molecule has 5 heteroatoms. The average molecular weight is 375 g/mol. The molecule has 0 aromatic heterocycles. The molecule has 1 aromatic rings. The molecule has 0 aliphatic carbocycles. The van der Waals surface area contributed by atoms with Gasteiger partial charge in [0.25, 0.3) is 0 Å². The van der Waals surface area contributed by atoms with Crippen LogP contribution in [0, 0.1) is 5.92 Å². The maximum atomic E-state index is 12.9. The monoisotopic (exact) mass is 374 g/mol. The number of hydrogen-bond acceptors (Lipinski definition) is 3. The largest absolute Gasteiger partial charge is 0.444 e. The summed E-state index contributed by atoms with van der Waals surface area (Å²) in [5, 5.41) is 0. The van der Waals surface area contributed by atoms with Crippen molar-refractivity contribution < 1.29 is 14.3 Å². The van der Waals surface area contributed by atoms with Crippen molar-refractivity contribution in [3.8, 4) is 0 Å². The standard InChI is InChI=1S/C22H34N2O3/c1-16(2)15-18-7-9-19(10-8-18)17(3)20(25)23-11-13-24(14-12-23)21(26)27-22(4,5)6/h7-10,16-17H,11-15H2,1-6H3. The Bertz CT molecular complexity index is 639. The van der Waals surface area contributed by atoms with Crippen LogP contribution in [0.15, 0.2) is 24.3 Å². The maximum absolute atomic E-state index is 12.9. The fraction of sp³-hybridized carbons (Fsp3) is 0.636. The summed E-state index contributed by atoms with van der Waals surface area (Å²) in [5.74, 6) is 0.567. The molecule has 0 N–H and O–H groups in total. The summed E-state index contributed by atoms with van der Waals surface area (Å²) >= 11 is 0. The van der Waals surface area contributed by atoms with E-state index in [0.29, 0.717) is 32.1 Å². The average Bonchev–Trinajstić information content (AvgIpc) is 2.59. The molecule has 1 unspecified atom stereocenters. The Morgan fingerprint density at radius 2 is 1.48 bits per heavy atom. The van der Waals surface area contributed by atoms with Gasteiger partial charge in [0.05, 0.1) is 5.92 Å². The van der Waals surface area contributed by atoms with Crippen molar-refractivity contribution in [3.05, 3.63) is 35.4 Å². The highest BCUT2D eigenvalue weighted by Crippen LogP contribution is 2.21. The highest BCUT2D eigenvalue weighted by Gasteiger charge is 2.29. The highest BCUT2D eigenvalue weighted by atomic mass is 16.6. The van der Waals surface area contributed by atoms with Crippen LogP contribution in [0.5, 0.6) is 0 Å². The molecule has 27 heavy (non-hydrogen) atoms. The molecule has 1 atom stereocenters. The molecular weight excluding hydrogens is 340 g/mol. The van der Waals surface area contributed by atoms with Crippen LogP contribution in [0.3, 0.4) is 0 Å². The van der Waals surface area contributed by atoms with Crippen molar-refractivity contribution in [1.82, 2.24) is 9.80 Å². The van der Waals surface area contributed by atoms with Gasteiger partial charge in [0.15, 0.2) is 0 Å². The molecular formula is C22H34N2O3. The van der Waals surface area contributed by atoms with E-state index in [1.54, 1.807) is 4.90 Å². The number of benzene rings is 1. The third-order valence-electron chi connectivity index (χ3n) is 4.74. The molecule has 2 rings (SSSR count). The number of nitrogens with zero attached hydrogens (tertiary/aromatic N) is 2. The van der Waals surface area contributed by atoms with Crippen LogP contribution in [0.2, 0.25) is 0 Å². The van der Waals surface area contributed by atoms with Gasteiger partial charge in [-0.25, -0.2) is 4.79 Å². The van der Waals surface area contributed by atoms with Crippen LogP contribution in [0.1, 0.15) is 58.6 Å². The third-order valence-corrected chi connectivity index (χ3v) is 4.74. The Labute approximate surface area is 163 Å². The second-order valence-electron chi connectivity index (χ2n) is 8.85. The van der Waals surface area contributed by atoms with Gasteiger partial charge in [-0.2, -0.15) is 0 Å². The SMILES string of the molecule is CC(C)Cc1ccc(C(C)C(=O)N2CCN(C(=O)OC(C)(C)C)CC2)cc1. The molecule has 1 aliphatic heterocycles. The molecule has 0 bridgehead atoms. The quantitative estimate of drug-likeness (QED) is 0.798. The van der Waals surface area contributed by atoms with Gasteiger partial charge in [-0.15, -0.1) is 0 Å². The lowest BCUT2D eigenvalue weighted by molar-refractivity contribution is -0.134. The predicted molar refractivity (Wildman–Crippen MR) is 108 cm³/mol. The summed E-state index contributed by atoms with van der Waals surface area (Å²) < 4.78 is 5.41. The molecule has 0 radical (unpaired) electrons. The van der Waals surface area contributed by atoms with E-state index in [-0.39, 0.29) is 17.9 Å². The minimum absolute atomic E-state index is 0.121. The van der Waals surface area contributed by atoms with Crippen molar-refractivity contribution in [2.75, 3.05) is 26.2 Å². The van der Waals surface area contributed by atoms with Crippen LogP contribution < -0.4 is 0 Å². The number of carbonyl (C=O) groups excluding carboxylic acids is 2. The van der Waals surface area contributed by atoms with Crippen molar-refractivity contribution in [1.29, 1.82) is 0 Å². The number of amides is 2. The fourth-order valence-corrected chi connectivity index (χ4v) is 3.27. The van der Waals surface area contributed by atoms with Crippen LogP contribution in [-0.4, -0.2) is 53.6 Å². The molecule has 1 fully saturated rings. The zero-order chi connectivity index (χ0) is 20.2. The van der Waals surface area contributed by atoms with Crippen molar-refractivity contribution in [3.63, 3.8) is 0 Å². The predicted octanol–water partition coefficient (Wildman–Crippen LogP) is 4.07. The first-order valence-corrected chi connectivity index (χ1v) is 9.92. The topological polar surface area (TPSA) is 49.9 Å². The summed E-state index contributed by atoms with van der Waals surface area (Å²) in [6, 6.07) is 8.38. The van der Waals surface area contributed by atoms with Crippen LogP contribution >= 0.6 is 0 Å². The summed E-state index contributed by atoms with van der Waals surface area (Å²) in [5.41, 5.74) is 1.85. The Kier molecular flexibility index (Phi) is 6.90. The van der Waals surface area contributed by atoms with Gasteiger partial charge in [-0.05, 0) is 51.2 Å². The van der Waals surface area contributed by atoms with Crippen LogP contribution in [0.4, 0.5) is 4.79 Å². The van der Waals surface area contributed by atoms with Crippen LogP contribution in [-0.2, 0) is 16.0 Å². The van der Waals surface area contributed by atoms with Crippen molar-refractivity contribution in [2.45, 2.75) is 59.5 Å². The molecule has 1 aromatic carbocycles. The first kappa shape index (κ1) is 21.3. The van der Waals surface area contributed by atoms with E-state index in [1.165, 1.54) is 5.56 Å². The van der Waals surface area contributed by atoms with E-state index in [4.69, 9.17) is 4.74 Å². The normalized spacial score (nSPS) is 16.4. The Morgan fingerprint density at radius 3 is 1.96 bits per heavy atom. The van der Waals surface area contributed by atoms with E-state index in [2.05, 4.69) is 38.1 Å². The van der Waals surface area contributed by atoms with E-state index >= 15 is 0 Å². The molecule has 1 saturated heterocycles. The van der Waals surface area contributed by atoms with Gasteiger partial charge in [0.2, 0.25) is 5.91 Å². The van der Waals surface area contributed by atoms with Gasteiger partial charge in [0.1, 0.15) is 5.60 Å². The lowest BCUT2D eigenvalue weighted by atomic mass is 9.95. The zero-order valence-electron chi connectivity index (χ0n) is 17.6. The molecule has 150 valence electrons. The summed E-state index contributed by atoms with van der Waals surface area (Å²) in [4.78, 5) is 28.5. The number of carbonyl (C=O) groups is 2. The zero-order valence-corrected chi connectivity index (χ0v) is 17.6. The Balaban J connectivity index is 1.90. The van der Waals surface area contributed by atoms with Crippen molar-refractivity contribution in [2.24, 2.45) is 5.92 Å². The molecule has 1 heterocycles. The first-order chi connectivity index (χ1) is 12.6. The lowest BCUT2D eigenvalue weighted by Crippen LogP contribution is -2.52. The van der Waals surface area contributed by atoms with Gasteiger partial charge in [0, 0.05) is 26.2 Å². The van der Waals surface area contributed by atoms with E-state index in [0.717, 1.165) is 12.0 Å². The smallest absolute Gasteiger partial charge is 0.410 e. The molecule has 0 saturated carbocycles. The first-order valence-electron chi connectivity index (χ1n) is 9.92. The Morgan fingerprint density at radius 1 is 0.963 bits per heavy atom. The molecule has 2 amide bonds. The number of piperazine rings is 1. The van der Waals surface area contributed by atoms with Crippen LogP contribution in [0.25, 0.3) is 0 Å². The van der Waals surface area contributed by atoms with Gasteiger partial charge in [-0.1, -0.05) is 38.1 Å². The number of rotatable bonds is 4. The third kappa shape index (κ3) is 6.26. The number of hydrogen-bond donors (Lipinski definition) is 0. The van der Waals surface area contributed by atoms with E-state index in [9.17, 15) is 9.59 Å². The fourth-order valence-electron chi connectivity index (χ4n) is 3.27. The summed E-state index contributed by atoms with van der Waals surface area (Å²) in [6.07, 6.45) is 0.748. The molecule has 1 aliphatic rings. The Hall–Kier alpha value is -2.04. The van der Waals surface area contributed by atoms with E-state index in [1.807, 2.05) is 32.6 Å². The van der Waals surface area contributed by atoms with E-state index < -0.39 is 5.60 Å². The summed E-state index contributed by atoms with van der Waals surface area (Å²) in [6.45, 7) is 14.1. The molecule has 0 spiro atoms. The minimum Gasteiger partial charge on any atom is -0.444 e. The number of ether oxygens (including phenoxy) is 1. The second-order valence-corrected chi connectivity index (χ2v) is 8.85. The molecule has 5 nitrogen and oxygen atoms in total. The summed E-state index contributed by atoms with van der Waals surface area (Å²) in [7, 11) is 0. The van der Waals surface area contributed by atoms with Gasteiger partial charge < -0.3 is 14.5 Å². The van der Waals surface area contributed by atoms with Gasteiger partial charge in [-0.3, -0.25) is 4.79 Å².